The van der Waals surface area contributed by atoms with Crippen molar-refractivity contribution in [3.8, 4) is 0 Å². The first kappa shape index (κ1) is 12.5. The van der Waals surface area contributed by atoms with Crippen LogP contribution in [0, 0.1) is 0 Å². The summed E-state index contributed by atoms with van der Waals surface area (Å²) in [6.45, 7) is 0.909. The first-order valence-electron chi connectivity index (χ1n) is 5.45. The molecule has 2 aromatic carbocycles. The third-order valence-electron chi connectivity index (χ3n) is 2.35. The van der Waals surface area contributed by atoms with Gasteiger partial charge >= 0.3 is 0 Å². The van der Waals surface area contributed by atoms with E-state index in [4.69, 9.17) is 11.6 Å². The van der Waals surface area contributed by atoms with E-state index in [1.165, 1.54) is 15.4 Å². The molecule has 0 saturated heterocycles. The molecule has 0 spiro atoms. The summed E-state index contributed by atoms with van der Waals surface area (Å²) in [6, 6.07) is 16.5. The zero-order chi connectivity index (χ0) is 12.1. The molecule has 17 heavy (non-hydrogen) atoms. The van der Waals surface area contributed by atoms with Gasteiger partial charge < -0.3 is 5.32 Å². The molecule has 3 heteroatoms. The van der Waals surface area contributed by atoms with Gasteiger partial charge in [0.25, 0.3) is 0 Å². The Hall–Kier alpha value is -0.960. The van der Waals surface area contributed by atoms with Crippen molar-refractivity contribution in [2.75, 3.05) is 7.05 Å². The number of rotatable bonds is 4. The molecule has 88 valence electrons. The predicted octanol–water partition coefficient (Wildman–Crippen LogP) is 4.21. The summed E-state index contributed by atoms with van der Waals surface area (Å²) < 4.78 is 0. The zero-order valence-corrected chi connectivity index (χ0v) is 11.2. The van der Waals surface area contributed by atoms with Crippen molar-refractivity contribution in [1.29, 1.82) is 0 Å². The summed E-state index contributed by atoms with van der Waals surface area (Å²) in [5, 5.41) is 3.91. The van der Waals surface area contributed by atoms with Gasteiger partial charge in [-0.15, -0.1) is 0 Å². The average Bonchev–Trinajstić information content (AvgIpc) is 2.35. The second-order valence-corrected chi connectivity index (χ2v) is 5.31. The fourth-order valence-electron chi connectivity index (χ4n) is 1.52. The first-order chi connectivity index (χ1) is 8.28. The lowest BCUT2D eigenvalue weighted by atomic mass is 10.2. The second kappa shape index (κ2) is 6.10. The van der Waals surface area contributed by atoms with Gasteiger partial charge in [0.2, 0.25) is 0 Å². The standard InChI is InChI=1S/C14H14ClNS/c1-16-10-11-2-6-13(7-3-11)17-14-8-4-12(15)5-9-14/h2-9,16H,10H2,1H3. The van der Waals surface area contributed by atoms with Gasteiger partial charge in [-0.3, -0.25) is 0 Å². The van der Waals surface area contributed by atoms with Crippen LogP contribution in [-0.4, -0.2) is 7.05 Å². The van der Waals surface area contributed by atoms with E-state index in [0.29, 0.717) is 0 Å². The molecule has 0 amide bonds. The summed E-state index contributed by atoms with van der Waals surface area (Å²) in [5.74, 6) is 0. The van der Waals surface area contributed by atoms with E-state index in [1.807, 2.05) is 31.3 Å². The molecule has 0 aromatic heterocycles. The molecular weight excluding hydrogens is 250 g/mol. The van der Waals surface area contributed by atoms with Gasteiger partial charge in [0.1, 0.15) is 0 Å². The average molecular weight is 264 g/mol. The minimum Gasteiger partial charge on any atom is -0.316 e. The lowest BCUT2D eigenvalue weighted by Gasteiger charge is -2.04. The van der Waals surface area contributed by atoms with Crippen LogP contribution >= 0.6 is 23.4 Å². The van der Waals surface area contributed by atoms with Crippen LogP contribution in [0.1, 0.15) is 5.56 Å². The Bertz CT molecular complexity index is 465. The molecule has 2 aromatic rings. The molecule has 0 fully saturated rings. The Labute approximate surface area is 111 Å². The quantitative estimate of drug-likeness (QED) is 0.887. The van der Waals surface area contributed by atoms with Crippen LogP contribution in [-0.2, 0) is 6.54 Å². The number of benzene rings is 2. The Morgan fingerprint density at radius 1 is 0.941 bits per heavy atom. The van der Waals surface area contributed by atoms with Gasteiger partial charge in [0.05, 0.1) is 0 Å². The monoisotopic (exact) mass is 263 g/mol. The van der Waals surface area contributed by atoms with Crippen molar-refractivity contribution >= 4 is 23.4 Å². The maximum Gasteiger partial charge on any atom is 0.0406 e. The van der Waals surface area contributed by atoms with Crippen LogP contribution in [0.2, 0.25) is 5.02 Å². The third kappa shape index (κ3) is 3.77. The van der Waals surface area contributed by atoms with E-state index in [1.54, 1.807) is 11.8 Å². The molecule has 1 nitrogen and oxygen atoms in total. The highest BCUT2D eigenvalue weighted by Crippen LogP contribution is 2.28. The number of hydrogen-bond donors (Lipinski definition) is 1. The van der Waals surface area contributed by atoms with Gasteiger partial charge in [0.15, 0.2) is 0 Å². The highest BCUT2D eigenvalue weighted by atomic mass is 35.5. The molecule has 0 aliphatic carbocycles. The fourth-order valence-corrected chi connectivity index (χ4v) is 2.46. The van der Waals surface area contributed by atoms with Gasteiger partial charge in [-0.2, -0.15) is 0 Å². The molecule has 0 radical (unpaired) electrons. The fraction of sp³-hybridized carbons (Fsp3) is 0.143. The highest BCUT2D eigenvalue weighted by molar-refractivity contribution is 7.99. The minimum atomic E-state index is 0.777. The van der Waals surface area contributed by atoms with Crippen molar-refractivity contribution < 1.29 is 0 Å². The third-order valence-corrected chi connectivity index (χ3v) is 3.62. The van der Waals surface area contributed by atoms with E-state index < -0.39 is 0 Å². The smallest absolute Gasteiger partial charge is 0.0406 e. The summed E-state index contributed by atoms with van der Waals surface area (Å²) >= 11 is 7.60. The van der Waals surface area contributed by atoms with Crippen molar-refractivity contribution in [3.05, 3.63) is 59.1 Å². The van der Waals surface area contributed by atoms with Gasteiger partial charge in [0, 0.05) is 21.4 Å². The second-order valence-electron chi connectivity index (χ2n) is 3.73. The number of hydrogen-bond acceptors (Lipinski definition) is 2. The Balaban J connectivity index is 2.05. The molecule has 0 saturated carbocycles. The van der Waals surface area contributed by atoms with E-state index in [0.717, 1.165) is 11.6 Å². The molecule has 1 N–H and O–H groups in total. The molecular formula is C14H14ClNS. The van der Waals surface area contributed by atoms with Gasteiger partial charge in [-0.05, 0) is 49.0 Å². The maximum atomic E-state index is 5.85. The van der Waals surface area contributed by atoms with E-state index in [-0.39, 0.29) is 0 Å². The predicted molar refractivity (Wildman–Crippen MR) is 74.8 cm³/mol. The van der Waals surface area contributed by atoms with Gasteiger partial charge in [-0.25, -0.2) is 0 Å². The SMILES string of the molecule is CNCc1ccc(Sc2ccc(Cl)cc2)cc1. The topological polar surface area (TPSA) is 12.0 Å². The molecule has 0 unspecified atom stereocenters. The Morgan fingerprint density at radius 3 is 2.00 bits per heavy atom. The summed E-state index contributed by atoms with van der Waals surface area (Å²) in [7, 11) is 1.95. The summed E-state index contributed by atoms with van der Waals surface area (Å²) in [5.41, 5.74) is 1.30. The lowest BCUT2D eigenvalue weighted by molar-refractivity contribution is 0.817. The van der Waals surface area contributed by atoms with Gasteiger partial charge in [-0.1, -0.05) is 35.5 Å². The molecule has 0 aliphatic heterocycles. The van der Waals surface area contributed by atoms with Crippen LogP contribution in [0.3, 0.4) is 0 Å². The van der Waals surface area contributed by atoms with Crippen LogP contribution in [0.25, 0.3) is 0 Å². The van der Waals surface area contributed by atoms with Crippen LogP contribution in [0.15, 0.2) is 58.3 Å². The molecule has 0 aliphatic rings. The van der Waals surface area contributed by atoms with Crippen LogP contribution < -0.4 is 5.32 Å². The van der Waals surface area contributed by atoms with Crippen molar-refractivity contribution in [2.45, 2.75) is 16.3 Å². The van der Waals surface area contributed by atoms with Crippen molar-refractivity contribution in [2.24, 2.45) is 0 Å². The minimum absolute atomic E-state index is 0.777. The molecule has 0 atom stereocenters. The molecule has 0 heterocycles. The highest BCUT2D eigenvalue weighted by Gasteiger charge is 1.98. The lowest BCUT2D eigenvalue weighted by Crippen LogP contribution is -2.04. The molecule has 0 bridgehead atoms. The molecule has 2 rings (SSSR count). The van der Waals surface area contributed by atoms with E-state index >= 15 is 0 Å². The number of nitrogens with one attached hydrogen (secondary N) is 1. The first-order valence-corrected chi connectivity index (χ1v) is 6.64. The normalized spacial score (nSPS) is 10.5. The number of halogens is 1. The van der Waals surface area contributed by atoms with Crippen LogP contribution in [0.4, 0.5) is 0 Å². The zero-order valence-electron chi connectivity index (χ0n) is 9.61. The van der Waals surface area contributed by atoms with E-state index in [9.17, 15) is 0 Å². The maximum absolute atomic E-state index is 5.85. The van der Waals surface area contributed by atoms with E-state index in [2.05, 4.69) is 29.6 Å². The summed E-state index contributed by atoms with van der Waals surface area (Å²) in [4.78, 5) is 2.45. The largest absolute Gasteiger partial charge is 0.316 e. The Morgan fingerprint density at radius 2 is 1.47 bits per heavy atom. The van der Waals surface area contributed by atoms with Crippen molar-refractivity contribution in [3.63, 3.8) is 0 Å². The van der Waals surface area contributed by atoms with Crippen LogP contribution in [0.5, 0.6) is 0 Å². The Kier molecular flexibility index (Phi) is 4.49. The van der Waals surface area contributed by atoms with Crippen molar-refractivity contribution in [1.82, 2.24) is 5.32 Å². The summed E-state index contributed by atoms with van der Waals surface area (Å²) in [6.07, 6.45) is 0.